The van der Waals surface area contributed by atoms with Crippen molar-refractivity contribution in [2.24, 2.45) is 23.7 Å². The average Bonchev–Trinajstić information content (AvgIpc) is 3.45. The average molecular weight is 298 g/mol. The van der Waals surface area contributed by atoms with Gasteiger partial charge in [0.1, 0.15) is 0 Å². The van der Waals surface area contributed by atoms with Crippen LogP contribution in [0.2, 0.25) is 0 Å². The molecule has 4 heteroatoms. The Morgan fingerprint density at radius 1 is 0.909 bits per heavy atom. The van der Waals surface area contributed by atoms with Crippen molar-refractivity contribution in [1.29, 1.82) is 0 Å². The highest BCUT2D eigenvalue weighted by atomic mass is 16.2. The molecule has 116 valence electrons. The molecule has 1 aromatic carbocycles. The Hall–Kier alpha value is -1.84. The molecule has 3 aliphatic rings. The SMILES string of the molecule is O=C(NNC(=O)[C@@H]1C[C@@H]1c1ccccc1)C1[C@H]2CCCC[C@@H]12. The van der Waals surface area contributed by atoms with Crippen molar-refractivity contribution in [3.63, 3.8) is 0 Å². The minimum atomic E-state index is -0.0502. The molecule has 4 rings (SSSR count). The summed E-state index contributed by atoms with van der Waals surface area (Å²) >= 11 is 0. The maximum atomic E-state index is 12.1. The van der Waals surface area contributed by atoms with Crippen molar-refractivity contribution in [3.8, 4) is 0 Å². The topological polar surface area (TPSA) is 58.2 Å². The summed E-state index contributed by atoms with van der Waals surface area (Å²) in [6.07, 6.45) is 5.72. The number of carbonyl (C=O) groups is 2. The highest BCUT2D eigenvalue weighted by Gasteiger charge is 2.55. The van der Waals surface area contributed by atoms with Gasteiger partial charge in [-0.2, -0.15) is 0 Å². The van der Waals surface area contributed by atoms with Crippen LogP contribution >= 0.6 is 0 Å². The number of fused-ring (bicyclic) bond motifs is 1. The van der Waals surface area contributed by atoms with Gasteiger partial charge in [0.2, 0.25) is 11.8 Å². The van der Waals surface area contributed by atoms with Crippen LogP contribution in [-0.2, 0) is 9.59 Å². The molecule has 22 heavy (non-hydrogen) atoms. The highest BCUT2D eigenvalue weighted by Crippen LogP contribution is 2.55. The van der Waals surface area contributed by atoms with Crippen LogP contribution in [0.3, 0.4) is 0 Å². The first kappa shape index (κ1) is 13.8. The van der Waals surface area contributed by atoms with Gasteiger partial charge in [-0.15, -0.1) is 0 Å². The van der Waals surface area contributed by atoms with E-state index in [2.05, 4.69) is 23.0 Å². The summed E-state index contributed by atoms with van der Waals surface area (Å²) in [6.45, 7) is 0. The second kappa shape index (κ2) is 5.41. The van der Waals surface area contributed by atoms with Gasteiger partial charge in [-0.3, -0.25) is 20.4 Å². The van der Waals surface area contributed by atoms with Crippen molar-refractivity contribution in [2.75, 3.05) is 0 Å². The minimum absolute atomic E-state index is 0.00387. The zero-order chi connectivity index (χ0) is 15.1. The van der Waals surface area contributed by atoms with Crippen molar-refractivity contribution < 1.29 is 9.59 Å². The lowest BCUT2D eigenvalue weighted by Crippen LogP contribution is -2.43. The fraction of sp³-hybridized carbons (Fsp3) is 0.556. The zero-order valence-corrected chi connectivity index (χ0v) is 12.6. The van der Waals surface area contributed by atoms with Crippen molar-refractivity contribution in [2.45, 2.75) is 38.0 Å². The standard InChI is InChI=1S/C18H22N2O2/c21-17(15-10-14(15)11-6-2-1-3-7-11)19-20-18(22)16-12-8-4-5-9-13(12)16/h1-3,6-7,12-16H,4-5,8-10H2,(H,19,21)(H,20,22)/t12-,13+,14-,15-,16?/m1/s1. The summed E-state index contributed by atoms with van der Waals surface area (Å²) in [7, 11) is 0. The lowest BCUT2D eigenvalue weighted by Gasteiger charge is -2.07. The molecule has 5 atom stereocenters. The predicted octanol–water partition coefficient (Wildman–Crippen LogP) is 2.37. The first-order valence-corrected chi connectivity index (χ1v) is 8.40. The molecule has 0 spiro atoms. The number of nitrogens with one attached hydrogen (secondary N) is 2. The molecule has 1 unspecified atom stereocenters. The van der Waals surface area contributed by atoms with E-state index in [9.17, 15) is 9.59 Å². The van der Waals surface area contributed by atoms with Crippen LogP contribution in [0, 0.1) is 23.7 Å². The second-order valence-corrected chi connectivity index (χ2v) is 6.98. The van der Waals surface area contributed by atoms with Gasteiger partial charge >= 0.3 is 0 Å². The van der Waals surface area contributed by atoms with Crippen LogP contribution in [0.4, 0.5) is 0 Å². The number of rotatable bonds is 3. The van der Waals surface area contributed by atoms with Crippen molar-refractivity contribution in [1.82, 2.24) is 10.9 Å². The van der Waals surface area contributed by atoms with Crippen LogP contribution in [0.25, 0.3) is 0 Å². The van der Waals surface area contributed by atoms with E-state index in [1.807, 2.05) is 18.2 Å². The fourth-order valence-corrected chi connectivity index (χ4v) is 4.23. The van der Waals surface area contributed by atoms with E-state index < -0.39 is 0 Å². The molecule has 3 aliphatic carbocycles. The molecular weight excluding hydrogens is 276 g/mol. The first-order chi connectivity index (χ1) is 10.8. The number of amides is 2. The highest BCUT2D eigenvalue weighted by molar-refractivity contribution is 5.88. The predicted molar refractivity (Wildman–Crippen MR) is 82.5 cm³/mol. The van der Waals surface area contributed by atoms with E-state index in [0.29, 0.717) is 17.8 Å². The minimum Gasteiger partial charge on any atom is -0.273 e. The third-order valence-corrected chi connectivity index (χ3v) is 5.62. The third-order valence-electron chi connectivity index (χ3n) is 5.62. The molecule has 0 saturated heterocycles. The lowest BCUT2D eigenvalue weighted by atomic mass is 10.0. The molecule has 2 N–H and O–H groups in total. The van der Waals surface area contributed by atoms with Gasteiger partial charge in [0, 0.05) is 11.8 Å². The number of hydrogen-bond acceptors (Lipinski definition) is 2. The van der Waals surface area contributed by atoms with E-state index in [0.717, 1.165) is 6.42 Å². The molecule has 3 saturated carbocycles. The molecule has 0 aliphatic heterocycles. The summed E-state index contributed by atoms with van der Waals surface area (Å²) in [4.78, 5) is 24.3. The summed E-state index contributed by atoms with van der Waals surface area (Å²) in [6, 6.07) is 10.1. The largest absolute Gasteiger partial charge is 0.273 e. The Labute approximate surface area is 130 Å². The van der Waals surface area contributed by atoms with Crippen LogP contribution in [0.15, 0.2) is 30.3 Å². The second-order valence-electron chi connectivity index (χ2n) is 6.98. The lowest BCUT2D eigenvalue weighted by molar-refractivity contribution is -0.130. The van der Waals surface area contributed by atoms with Crippen LogP contribution in [0.1, 0.15) is 43.6 Å². The number of benzene rings is 1. The molecule has 2 amide bonds. The van der Waals surface area contributed by atoms with Gasteiger partial charge in [0.25, 0.3) is 0 Å². The Morgan fingerprint density at radius 2 is 1.55 bits per heavy atom. The number of hydrogen-bond donors (Lipinski definition) is 2. The smallest absolute Gasteiger partial charge is 0.242 e. The fourth-order valence-electron chi connectivity index (χ4n) is 4.23. The van der Waals surface area contributed by atoms with Gasteiger partial charge < -0.3 is 0 Å². The van der Waals surface area contributed by atoms with E-state index in [4.69, 9.17) is 0 Å². The molecule has 0 bridgehead atoms. The summed E-state index contributed by atoms with van der Waals surface area (Å²) in [5, 5.41) is 0. The van der Waals surface area contributed by atoms with E-state index in [1.165, 1.54) is 31.2 Å². The maximum absolute atomic E-state index is 12.1. The molecule has 1 aromatic rings. The Kier molecular flexibility index (Phi) is 3.40. The van der Waals surface area contributed by atoms with Crippen LogP contribution in [0.5, 0.6) is 0 Å². The van der Waals surface area contributed by atoms with E-state index in [1.54, 1.807) is 0 Å². The van der Waals surface area contributed by atoms with Gasteiger partial charge in [-0.25, -0.2) is 0 Å². The van der Waals surface area contributed by atoms with Gasteiger partial charge in [0.15, 0.2) is 0 Å². The molecule has 0 heterocycles. The quantitative estimate of drug-likeness (QED) is 0.842. The summed E-state index contributed by atoms with van der Waals surface area (Å²) in [5.41, 5.74) is 6.50. The number of hydrazine groups is 1. The molecule has 4 nitrogen and oxygen atoms in total. The van der Waals surface area contributed by atoms with Gasteiger partial charge in [-0.1, -0.05) is 43.2 Å². The molecule has 0 radical (unpaired) electrons. The van der Waals surface area contributed by atoms with Crippen molar-refractivity contribution in [3.05, 3.63) is 35.9 Å². The summed E-state index contributed by atoms with van der Waals surface area (Å²) < 4.78 is 0. The molecule has 3 fully saturated rings. The Balaban J connectivity index is 1.25. The van der Waals surface area contributed by atoms with Gasteiger partial charge in [0.05, 0.1) is 0 Å². The van der Waals surface area contributed by atoms with Crippen molar-refractivity contribution >= 4 is 11.8 Å². The summed E-state index contributed by atoms with van der Waals surface area (Å²) in [5.74, 6) is 1.57. The van der Waals surface area contributed by atoms with E-state index >= 15 is 0 Å². The number of carbonyl (C=O) groups excluding carboxylic acids is 2. The van der Waals surface area contributed by atoms with Gasteiger partial charge in [-0.05, 0) is 42.6 Å². The van der Waals surface area contributed by atoms with Crippen LogP contribution < -0.4 is 10.9 Å². The monoisotopic (exact) mass is 298 g/mol. The van der Waals surface area contributed by atoms with Crippen LogP contribution in [-0.4, -0.2) is 11.8 Å². The molecular formula is C18H22N2O2. The first-order valence-electron chi connectivity index (χ1n) is 8.40. The third kappa shape index (κ3) is 2.51. The van der Waals surface area contributed by atoms with E-state index in [-0.39, 0.29) is 23.7 Å². The Bertz CT molecular complexity index is 574. The molecule has 0 aromatic heterocycles. The zero-order valence-electron chi connectivity index (χ0n) is 12.6. The Morgan fingerprint density at radius 3 is 2.23 bits per heavy atom. The normalized spacial score (nSPS) is 35.2. The maximum Gasteiger partial charge on any atom is 0.242 e.